The molecule has 1 aromatic carbocycles. The van der Waals surface area contributed by atoms with Crippen LogP contribution in [0.15, 0.2) is 18.2 Å². The van der Waals surface area contributed by atoms with Crippen molar-refractivity contribution >= 4 is 29.9 Å². The fourth-order valence-electron chi connectivity index (χ4n) is 2.82. The van der Waals surface area contributed by atoms with Crippen LogP contribution >= 0.6 is 24.0 Å². The van der Waals surface area contributed by atoms with E-state index in [1.165, 1.54) is 6.07 Å². The molecule has 0 aliphatic carbocycles. The zero-order valence-electron chi connectivity index (χ0n) is 12.7. The van der Waals surface area contributed by atoms with Crippen LogP contribution in [-0.2, 0) is 4.79 Å². The Morgan fingerprint density at radius 1 is 1.59 bits per heavy atom. The van der Waals surface area contributed by atoms with E-state index in [9.17, 15) is 9.18 Å². The number of likely N-dealkylation sites (N-methyl/N-ethyl adjacent to an activating group) is 1. The van der Waals surface area contributed by atoms with Crippen molar-refractivity contribution in [3.8, 4) is 0 Å². The van der Waals surface area contributed by atoms with Crippen molar-refractivity contribution in [3.05, 3.63) is 34.6 Å². The van der Waals surface area contributed by atoms with Crippen LogP contribution in [0, 0.1) is 5.82 Å². The van der Waals surface area contributed by atoms with E-state index in [1.54, 1.807) is 13.0 Å². The molecule has 0 bridgehead atoms. The summed E-state index contributed by atoms with van der Waals surface area (Å²) in [6, 6.07) is 4.15. The Morgan fingerprint density at radius 2 is 2.27 bits per heavy atom. The van der Waals surface area contributed by atoms with E-state index in [-0.39, 0.29) is 35.4 Å². The Bertz CT molecular complexity index is 528. The summed E-state index contributed by atoms with van der Waals surface area (Å²) in [6.45, 7) is 5.39. The first kappa shape index (κ1) is 19.2. The first-order chi connectivity index (χ1) is 9.93. The summed E-state index contributed by atoms with van der Waals surface area (Å²) in [5.74, 6) is -0.619. The lowest BCUT2D eigenvalue weighted by Crippen LogP contribution is -2.46. The molecular formula is C15H22Cl2FN3O. The van der Waals surface area contributed by atoms with E-state index in [0.717, 1.165) is 25.1 Å². The van der Waals surface area contributed by atoms with Crippen molar-refractivity contribution in [2.75, 3.05) is 13.1 Å². The van der Waals surface area contributed by atoms with Gasteiger partial charge in [0.1, 0.15) is 5.82 Å². The summed E-state index contributed by atoms with van der Waals surface area (Å²) < 4.78 is 13.7. The number of likely N-dealkylation sites (tertiary alicyclic amines) is 1. The van der Waals surface area contributed by atoms with Crippen LogP contribution in [0.3, 0.4) is 0 Å². The molecule has 0 radical (unpaired) electrons. The van der Waals surface area contributed by atoms with Crippen LogP contribution < -0.4 is 11.1 Å². The Hall–Kier alpha value is -0.880. The van der Waals surface area contributed by atoms with E-state index >= 15 is 0 Å². The summed E-state index contributed by atoms with van der Waals surface area (Å²) in [4.78, 5) is 14.1. The van der Waals surface area contributed by atoms with Crippen LogP contribution in [-0.4, -0.2) is 36.0 Å². The van der Waals surface area contributed by atoms with Gasteiger partial charge in [-0.05, 0) is 37.6 Å². The number of nitrogens with two attached hydrogens (primary N) is 1. The van der Waals surface area contributed by atoms with Gasteiger partial charge >= 0.3 is 0 Å². The molecule has 1 aromatic rings. The molecule has 4 nitrogen and oxygen atoms in total. The van der Waals surface area contributed by atoms with Crippen LogP contribution in [0.2, 0.25) is 5.02 Å². The number of carbonyl (C=O) groups is 1. The van der Waals surface area contributed by atoms with Gasteiger partial charge in [0, 0.05) is 12.6 Å². The predicted octanol–water partition coefficient (Wildman–Crippen LogP) is 2.50. The van der Waals surface area contributed by atoms with Crippen molar-refractivity contribution in [1.82, 2.24) is 10.2 Å². The Morgan fingerprint density at radius 3 is 2.82 bits per heavy atom. The number of carbonyl (C=O) groups excluding carboxylic acids is 1. The van der Waals surface area contributed by atoms with Gasteiger partial charge in [-0.25, -0.2) is 4.39 Å². The highest BCUT2D eigenvalue weighted by molar-refractivity contribution is 6.30. The van der Waals surface area contributed by atoms with Gasteiger partial charge in [-0.3, -0.25) is 9.69 Å². The monoisotopic (exact) mass is 349 g/mol. The molecule has 1 aliphatic rings. The van der Waals surface area contributed by atoms with Crippen molar-refractivity contribution in [2.45, 2.75) is 38.4 Å². The van der Waals surface area contributed by atoms with Gasteiger partial charge in [0.25, 0.3) is 0 Å². The first-order valence-electron chi connectivity index (χ1n) is 7.19. The summed E-state index contributed by atoms with van der Waals surface area (Å²) in [6.07, 6.45) is 0.821. The number of hydrogen-bond acceptors (Lipinski definition) is 3. The highest BCUT2D eigenvalue weighted by Gasteiger charge is 2.35. The minimum absolute atomic E-state index is 0. The molecule has 7 heteroatoms. The Balaban J connectivity index is 0.00000242. The molecule has 1 fully saturated rings. The van der Waals surface area contributed by atoms with Crippen molar-refractivity contribution in [2.24, 2.45) is 5.73 Å². The molecule has 1 saturated heterocycles. The van der Waals surface area contributed by atoms with Crippen molar-refractivity contribution in [3.63, 3.8) is 0 Å². The fourth-order valence-corrected chi connectivity index (χ4v) is 2.93. The smallest absolute Gasteiger partial charge is 0.236 e. The highest BCUT2D eigenvalue weighted by Crippen LogP contribution is 2.33. The first-order valence-corrected chi connectivity index (χ1v) is 7.56. The van der Waals surface area contributed by atoms with Gasteiger partial charge in [-0.15, -0.1) is 12.4 Å². The second-order valence-electron chi connectivity index (χ2n) is 5.44. The number of benzene rings is 1. The van der Waals surface area contributed by atoms with Crippen LogP contribution in [0.1, 0.15) is 31.9 Å². The number of nitrogens with one attached hydrogen (secondary N) is 1. The highest BCUT2D eigenvalue weighted by atomic mass is 35.5. The SMILES string of the molecule is CCN1CCC(NC(=O)[C@@H](C)N)C1c1ccc(Cl)c(F)c1.Cl. The average Bonchev–Trinajstić information content (AvgIpc) is 2.84. The number of rotatable bonds is 4. The summed E-state index contributed by atoms with van der Waals surface area (Å²) in [5, 5.41) is 3.07. The van der Waals surface area contributed by atoms with E-state index in [0.29, 0.717) is 0 Å². The van der Waals surface area contributed by atoms with Crippen molar-refractivity contribution in [1.29, 1.82) is 0 Å². The van der Waals surface area contributed by atoms with Gasteiger partial charge in [-0.1, -0.05) is 24.6 Å². The van der Waals surface area contributed by atoms with Gasteiger partial charge in [0.05, 0.1) is 17.1 Å². The number of halogens is 3. The van der Waals surface area contributed by atoms with Crippen LogP contribution in [0.5, 0.6) is 0 Å². The molecule has 2 rings (SSSR count). The molecule has 1 aliphatic heterocycles. The van der Waals surface area contributed by atoms with Crippen LogP contribution in [0.4, 0.5) is 4.39 Å². The molecule has 0 aromatic heterocycles. The second-order valence-corrected chi connectivity index (χ2v) is 5.85. The van der Waals surface area contributed by atoms with Gasteiger partial charge < -0.3 is 11.1 Å². The molecule has 1 heterocycles. The Labute approximate surface area is 141 Å². The summed E-state index contributed by atoms with van der Waals surface area (Å²) in [5.41, 5.74) is 6.43. The third kappa shape index (κ3) is 4.10. The topological polar surface area (TPSA) is 58.4 Å². The van der Waals surface area contributed by atoms with Crippen molar-refractivity contribution < 1.29 is 9.18 Å². The number of nitrogens with zero attached hydrogens (tertiary/aromatic N) is 1. The lowest BCUT2D eigenvalue weighted by atomic mass is 9.99. The summed E-state index contributed by atoms with van der Waals surface area (Å²) >= 11 is 5.75. The maximum absolute atomic E-state index is 13.7. The minimum Gasteiger partial charge on any atom is -0.350 e. The average molecular weight is 350 g/mol. The minimum atomic E-state index is -0.553. The molecule has 22 heavy (non-hydrogen) atoms. The lowest BCUT2D eigenvalue weighted by Gasteiger charge is -2.28. The zero-order chi connectivity index (χ0) is 15.6. The van der Waals surface area contributed by atoms with Gasteiger partial charge in [-0.2, -0.15) is 0 Å². The molecule has 1 amide bonds. The maximum Gasteiger partial charge on any atom is 0.236 e. The fraction of sp³-hybridized carbons (Fsp3) is 0.533. The lowest BCUT2D eigenvalue weighted by molar-refractivity contribution is -0.122. The standard InChI is InChI=1S/C15H21ClFN3O.ClH/c1-3-20-7-6-13(19-15(21)9(2)18)14(20)10-4-5-11(16)12(17)8-10;/h4-5,8-9,13-14H,3,6-7,18H2,1-2H3,(H,19,21);1H/t9-,13?,14?;/m1./s1. The molecule has 0 spiro atoms. The van der Waals surface area contributed by atoms with E-state index in [4.69, 9.17) is 17.3 Å². The second kappa shape index (κ2) is 8.11. The zero-order valence-corrected chi connectivity index (χ0v) is 14.3. The normalized spacial score (nSPS) is 23.0. The third-order valence-corrected chi connectivity index (χ3v) is 4.24. The molecule has 3 atom stereocenters. The number of amides is 1. The molecule has 3 N–H and O–H groups in total. The van der Waals surface area contributed by atoms with Gasteiger partial charge in [0.15, 0.2) is 0 Å². The largest absolute Gasteiger partial charge is 0.350 e. The molecule has 124 valence electrons. The summed E-state index contributed by atoms with van der Waals surface area (Å²) in [7, 11) is 0. The molecular weight excluding hydrogens is 328 g/mol. The third-order valence-electron chi connectivity index (χ3n) is 3.93. The van der Waals surface area contributed by atoms with Crippen LogP contribution in [0.25, 0.3) is 0 Å². The molecule has 0 saturated carbocycles. The Kier molecular flexibility index (Phi) is 7.06. The van der Waals surface area contributed by atoms with E-state index in [1.807, 2.05) is 6.07 Å². The van der Waals surface area contributed by atoms with E-state index in [2.05, 4.69) is 17.1 Å². The van der Waals surface area contributed by atoms with E-state index < -0.39 is 11.9 Å². The maximum atomic E-state index is 13.7. The molecule has 2 unspecified atom stereocenters. The predicted molar refractivity (Wildman–Crippen MR) is 88.8 cm³/mol. The quantitative estimate of drug-likeness (QED) is 0.877. The number of hydrogen-bond donors (Lipinski definition) is 2. The van der Waals surface area contributed by atoms with Gasteiger partial charge in [0.2, 0.25) is 5.91 Å².